The van der Waals surface area contributed by atoms with Crippen molar-refractivity contribution in [2.45, 2.75) is 61.8 Å². The van der Waals surface area contributed by atoms with Crippen molar-refractivity contribution < 1.29 is 28.3 Å². The summed E-state index contributed by atoms with van der Waals surface area (Å²) in [6, 6.07) is 0. The first-order valence-corrected chi connectivity index (χ1v) is 11.7. The minimum absolute atomic E-state index is 0. The molecule has 2 aliphatic rings. The molecule has 0 bridgehead atoms. The molecule has 0 amide bonds. The van der Waals surface area contributed by atoms with E-state index in [2.05, 4.69) is 55.4 Å². The molecule has 2 aliphatic carbocycles. The predicted octanol–water partition coefficient (Wildman–Crippen LogP) is 5.40. The van der Waals surface area contributed by atoms with Crippen molar-refractivity contribution in [2.24, 2.45) is 10.8 Å². The van der Waals surface area contributed by atoms with Crippen LogP contribution in [0.5, 0.6) is 0 Å². The van der Waals surface area contributed by atoms with Gasteiger partial charge in [-0.3, -0.25) is 0 Å². The molecule has 1 N–H and O–H groups in total. The van der Waals surface area contributed by atoms with Gasteiger partial charge < -0.3 is 0 Å². The van der Waals surface area contributed by atoms with Crippen molar-refractivity contribution >= 4 is 35.1 Å². The van der Waals surface area contributed by atoms with Crippen LogP contribution in [0.1, 0.15) is 61.8 Å². The summed E-state index contributed by atoms with van der Waals surface area (Å²) in [4.78, 5) is 0. The Morgan fingerprint density at radius 1 is 0.917 bits per heavy atom. The second-order valence-corrected chi connectivity index (χ2v) is 11.7. The first-order chi connectivity index (χ1) is 10.00. The van der Waals surface area contributed by atoms with Gasteiger partial charge in [-0.15, -0.1) is 24.8 Å². The molecule has 1 nitrogen and oxygen atoms in total. The molecule has 1 unspecified atom stereocenters. The van der Waals surface area contributed by atoms with E-state index < -0.39 is 23.2 Å². The van der Waals surface area contributed by atoms with E-state index in [-0.39, 0.29) is 35.6 Å². The Hall–Kier alpha value is 0.440. The van der Waals surface area contributed by atoms with Crippen molar-refractivity contribution in [3.8, 4) is 0 Å². The largest absolute Gasteiger partial charge is 0.147 e. The number of halogens is 2. The van der Waals surface area contributed by atoms with Crippen molar-refractivity contribution in [3.05, 3.63) is 39.8 Å². The third-order valence-corrected chi connectivity index (χ3v) is 13.4. The van der Waals surface area contributed by atoms with E-state index in [0.717, 1.165) is 16.7 Å². The summed E-state index contributed by atoms with van der Waals surface area (Å²) in [7, 11) is 0.950. The molecule has 1 atom stereocenters. The van der Waals surface area contributed by atoms with Crippen LogP contribution in [0.2, 0.25) is 0 Å². The minimum atomic E-state index is -0.974. The van der Waals surface area contributed by atoms with Crippen LogP contribution in [0.3, 0.4) is 0 Å². The van der Waals surface area contributed by atoms with Gasteiger partial charge in [0.1, 0.15) is 0 Å². The van der Waals surface area contributed by atoms with Crippen LogP contribution in [0, 0.1) is 10.8 Å². The van der Waals surface area contributed by atoms with Gasteiger partial charge in [0.05, 0.1) is 0 Å². The molecule has 5 heteroatoms. The molecule has 0 aromatic heterocycles. The van der Waals surface area contributed by atoms with Crippen LogP contribution in [0.15, 0.2) is 39.8 Å². The minimum Gasteiger partial charge on any atom is -0.147 e. The summed E-state index contributed by atoms with van der Waals surface area (Å²) in [5.41, 5.74) is 6.24. The molecule has 0 fully saturated rings. The van der Waals surface area contributed by atoms with Crippen LogP contribution in [0.25, 0.3) is 0 Å². The first kappa shape index (κ1) is 24.4. The maximum atomic E-state index is 10.8. The zero-order valence-corrected chi connectivity index (χ0v) is 22.6. The number of aliphatic hydroxyl groups excluding tert-OH is 1. The van der Waals surface area contributed by atoms with E-state index in [9.17, 15) is 5.11 Å². The molecular formula is C19H32Cl2OSiZr. The normalized spacial score (nSPS) is 26.2. The summed E-state index contributed by atoms with van der Waals surface area (Å²) < 4.78 is 3.09. The molecular weight excluding hydrogens is 434 g/mol. The predicted molar refractivity (Wildman–Crippen MR) is 110 cm³/mol. The Bertz CT molecular complexity index is 671. The van der Waals surface area contributed by atoms with Crippen LogP contribution < -0.4 is 0 Å². The smallest absolute Gasteiger partial charge is 0.147 e. The van der Waals surface area contributed by atoms with Crippen molar-refractivity contribution in [1.82, 2.24) is 0 Å². The summed E-state index contributed by atoms with van der Waals surface area (Å²) >= 11 is -0.974. The van der Waals surface area contributed by atoms with Crippen LogP contribution >= 0.6 is 24.8 Å². The molecule has 136 valence electrons. The van der Waals surface area contributed by atoms with Crippen LogP contribution in [-0.4, -0.2) is 15.3 Å². The first-order valence-electron chi connectivity index (χ1n) is 8.28. The van der Waals surface area contributed by atoms with E-state index >= 15 is 0 Å². The Labute approximate surface area is 175 Å². The standard InChI is InChI=1S/C10H15.C9H15OSi.2ClH.Zr/c1-7-6-10(4,5)9(3)8(7)2;1-4-9(3)5-7(10)8(11)6(9)2;;;/h1-5H3;10H,4H2,1-3,11H3;2*1H;. The van der Waals surface area contributed by atoms with E-state index in [1.54, 1.807) is 3.28 Å². The molecule has 0 heterocycles. The third-order valence-electron chi connectivity index (χ3n) is 6.55. The van der Waals surface area contributed by atoms with E-state index in [0.29, 0.717) is 5.76 Å². The summed E-state index contributed by atoms with van der Waals surface area (Å²) in [5.74, 6) is 0.679. The summed E-state index contributed by atoms with van der Waals surface area (Å²) in [6.07, 6.45) is 1.10. The molecule has 0 aliphatic heterocycles. The SMILES string of the molecule is CCC1(C)C(C)=C([SiH3])C(O)=[C]1[Zr][C]1=C(C)C(C)=C(C)C1(C)C.Cl.Cl. The Morgan fingerprint density at radius 3 is 1.79 bits per heavy atom. The number of aliphatic hydroxyl groups is 1. The van der Waals surface area contributed by atoms with Gasteiger partial charge in [-0.25, -0.2) is 0 Å². The number of rotatable bonds is 3. The molecule has 0 saturated carbocycles. The Kier molecular flexibility index (Phi) is 8.13. The molecule has 2 rings (SSSR count). The van der Waals surface area contributed by atoms with E-state index in [1.807, 2.05) is 0 Å². The molecule has 0 aromatic rings. The summed E-state index contributed by atoms with van der Waals surface area (Å²) in [5, 5.41) is 12.1. The van der Waals surface area contributed by atoms with Gasteiger partial charge in [-0.1, -0.05) is 0 Å². The van der Waals surface area contributed by atoms with Crippen molar-refractivity contribution in [1.29, 1.82) is 0 Å². The fourth-order valence-electron chi connectivity index (χ4n) is 3.84. The van der Waals surface area contributed by atoms with Crippen molar-refractivity contribution in [3.63, 3.8) is 0 Å². The number of hydrogen-bond acceptors (Lipinski definition) is 1. The topological polar surface area (TPSA) is 20.2 Å². The van der Waals surface area contributed by atoms with E-state index in [4.69, 9.17) is 0 Å². The van der Waals surface area contributed by atoms with Crippen molar-refractivity contribution in [2.75, 3.05) is 0 Å². The zero-order valence-electron chi connectivity index (χ0n) is 16.5. The second-order valence-electron chi connectivity index (χ2n) is 7.66. The van der Waals surface area contributed by atoms with Gasteiger partial charge in [0, 0.05) is 0 Å². The van der Waals surface area contributed by atoms with E-state index in [1.165, 1.54) is 30.8 Å². The Morgan fingerprint density at radius 2 is 1.42 bits per heavy atom. The maximum Gasteiger partial charge on any atom is -0.147 e. The Balaban J connectivity index is 0.00000264. The van der Waals surface area contributed by atoms with Gasteiger partial charge in [0.25, 0.3) is 0 Å². The molecule has 0 spiro atoms. The zero-order chi connectivity index (χ0) is 17.0. The molecule has 0 aromatic carbocycles. The monoisotopic (exact) mass is 464 g/mol. The average molecular weight is 467 g/mol. The van der Waals surface area contributed by atoms with Crippen LogP contribution in [-0.2, 0) is 23.2 Å². The van der Waals surface area contributed by atoms with Gasteiger partial charge in [-0.05, 0) is 0 Å². The molecule has 0 radical (unpaired) electrons. The number of hydrogen-bond donors (Lipinski definition) is 1. The fourth-order valence-corrected chi connectivity index (χ4v) is 10.3. The second kappa shape index (κ2) is 7.99. The maximum absolute atomic E-state index is 10.8. The molecule has 24 heavy (non-hydrogen) atoms. The molecule has 0 saturated heterocycles. The van der Waals surface area contributed by atoms with Gasteiger partial charge in [0.15, 0.2) is 0 Å². The van der Waals surface area contributed by atoms with Gasteiger partial charge >= 0.3 is 151 Å². The third kappa shape index (κ3) is 3.36. The van der Waals surface area contributed by atoms with Gasteiger partial charge in [-0.2, -0.15) is 0 Å². The summed E-state index contributed by atoms with van der Waals surface area (Å²) in [6.45, 7) is 18.5. The van der Waals surface area contributed by atoms with Crippen LogP contribution in [0.4, 0.5) is 0 Å². The number of allylic oxidation sites excluding steroid dienone is 7. The fraction of sp³-hybridized carbons (Fsp3) is 0.579. The van der Waals surface area contributed by atoms with Gasteiger partial charge in [0.2, 0.25) is 0 Å². The quantitative estimate of drug-likeness (QED) is 0.552. The average Bonchev–Trinajstić information content (AvgIpc) is 2.73.